The summed E-state index contributed by atoms with van der Waals surface area (Å²) < 4.78 is 5.09. The Hall–Kier alpha value is -2.29. The van der Waals surface area contributed by atoms with Crippen LogP contribution < -0.4 is 5.32 Å². The highest BCUT2D eigenvalue weighted by Gasteiger charge is 2.05. The molecule has 104 valence electrons. The molecule has 2 rings (SSSR count). The van der Waals surface area contributed by atoms with Crippen molar-refractivity contribution in [3.05, 3.63) is 65.7 Å². The lowest BCUT2D eigenvalue weighted by molar-refractivity contribution is 0.0505. The third-order valence-electron chi connectivity index (χ3n) is 2.90. The van der Waals surface area contributed by atoms with E-state index < -0.39 is 0 Å². The van der Waals surface area contributed by atoms with Gasteiger partial charge in [0.05, 0.1) is 12.2 Å². The summed E-state index contributed by atoms with van der Waals surface area (Å²) in [5.74, 6) is -0.263. The van der Waals surface area contributed by atoms with Crippen LogP contribution in [0.5, 0.6) is 0 Å². The molecule has 0 fully saturated rings. The van der Waals surface area contributed by atoms with Gasteiger partial charge in [0.25, 0.3) is 0 Å². The van der Waals surface area contributed by atoms with E-state index in [1.807, 2.05) is 37.3 Å². The molecule has 3 nitrogen and oxygen atoms in total. The van der Waals surface area contributed by atoms with Crippen molar-refractivity contribution in [2.75, 3.05) is 11.9 Å². The number of hydrogen-bond donors (Lipinski definition) is 1. The summed E-state index contributed by atoms with van der Waals surface area (Å²) in [5, 5.41) is 3.32. The van der Waals surface area contributed by atoms with Crippen molar-refractivity contribution in [1.82, 2.24) is 0 Å². The fraction of sp³-hybridized carbons (Fsp3) is 0.235. The molecular weight excluding hydrogens is 250 g/mol. The van der Waals surface area contributed by atoms with E-state index in [-0.39, 0.29) is 5.97 Å². The number of carbonyl (C=O) groups is 1. The van der Waals surface area contributed by atoms with Gasteiger partial charge >= 0.3 is 5.97 Å². The summed E-state index contributed by atoms with van der Waals surface area (Å²) in [5.41, 5.74) is 2.79. The number of anilines is 1. The van der Waals surface area contributed by atoms with Crippen molar-refractivity contribution in [3.8, 4) is 0 Å². The molecule has 0 saturated carbocycles. The minimum absolute atomic E-state index is 0.263. The summed E-state index contributed by atoms with van der Waals surface area (Å²) in [6.07, 6.45) is 0.836. The summed E-state index contributed by atoms with van der Waals surface area (Å²) in [6, 6.07) is 17.5. The van der Waals surface area contributed by atoms with Gasteiger partial charge in [0.1, 0.15) is 0 Å². The lowest BCUT2D eigenvalue weighted by Gasteiger charge is -2.07. The Balaban J connectivity index is 1.90. The van der Waals surface area contributed by atoms with E-state index in [9.17, 15) is 4.79 Å². The highest BCUT2D eigenvalue weighted by molar-refractivity contribution is 5.89. The fourth-order valence-corrected chi connectivity index (χ4v) is 1.80. The molecule has 0 radical (unpaired) electrons. The minimum Gasteiger partial charge on any atom is -0.462 e. The minimum atomic E-state index is -0.263. The number of ether oxygens (including phenoxy) is 1. The van der Waals surface area contributed by atoms with Gasteiger partial charge in [-0.25, -0.2) is 4.79 Å². The van der Waals surface area contributed by atoms with Crippen LogP contribution in [0.1, 0.15) is 29.3 Å². The van der Waals surface area contributed by atoms with Crippen molar-refractivity contribution >= 4 is 11.7 Å². The second-order valence-electron chi connectivity index (χ2n) is 4.55. The van der Waals surface area contributed by atoms with Crippen molar-refractivity contribution in [2.24, 2.45) is 0 Å². The van der Waals surface area contributed by atoms with Crippen molar-refractivity contribution in [3.63, 3.8) is 0 Å². The zero-order valence-corrected chi connectivity index (χ0v) is 11.6. The van der Waals surface area contributed by atoms with E-state index in [2.05, 4.69) is 17.4 Å². The normalized spacial score (nSPS) is 10.1. The zero-order valence-electron chi connectivity index (χ0n) is 11.6. The summed E-state index contributed by atoms with van der Waals surface area (Å²) in [4.78, 5) is 11.7. The zero-order chi connectivity index (χ0) is 14.2. The standard InChI is InChI=1S/C17H19NO2/c1-2-12-20-17(19)15-8-10-16(11-9-15)18-13-14-6-4-3-5-7-14/h3-11,18H,2,12-13H2,1H3. The van der Waals surface area contributed by atoms with Crippen LogP contribution in [-0.2, 0) is 11.3 Å². The van der Waals surface area contributed by atoms with E-state index in [1.165, 1.54) is 5.56 Å². The monoisotopic (exact) mass is 269 g/mol. The van der Waals surface area contributed by atoms with Crippen molar-refractivity contribution in [1.29, 1.82) is 0 Å². The SMILES string of the molecule is CCCOC(=O)c1ccc(NCc2ccccc2)cc1. The summed E-state index contributed by atoms with van der Waals surface area (Å²) >= 11 is 0. The van der Waals surface area contributed by atoms with Gasteiger partial charge in [-0.2, -0.15) is 0 Å². The molecule has 0 atom stereocenters. The first-order valence-corrected chi connectivity index (χ1v) is 6.84. The van der Waals surface area contributed by atoms with E-state index in [4.69, 9.17) is 4.74 Å². The molecule has 2 aromatic rings. The molecule has 0 amide bonds. The Morgan fingerprint density at radius 3 is 2.40 bits per heavy atom. The molecule has 0 aliphatic carbocycles. The van der Waals surface area contributed by atoms with Gasteiger partial charge in [-0.15, -0.1) is 0 Å². The van der Waals surface area contributed by atoms with E-state index in [1.54, 1.807) is 12.1 Å². The average molecular weight is 269 g/mol. The largest absolute Gasteiger partial charge is 0.462 e. The maximum absolute atomic E-state index is 11.7. The topological polar surface area (TPSA) is 38.3 Å². The molecule has 0 aliphatic heterocycles. The Morgan fingerprint density at radius 1 is 1.05 bits per heavy atom. The molecule has 0 aromatic heterocycles. The van der Waals surface area contributed by atoms with Crippen LogP contribution in [0.4, 0.5) is 5.69 Å². The Labute approximate surface area is 119 Å². The number of benzene rings is 2. The van der Waals surface area contributed by atoms with Crippen LogP contribution in [0.3, 0.4) is 0 Å². The van der Waals surface area contributed by atoms with Crippen LogP contribution in [-0.4, -0.2) is 12.6 Å². The van der Waals surface area contributed by atoms with Gasteiger partial charge in [0.2, 0.25) is 0 Å². The van der Waals surface area contributed by atoms with Gasteiger partial charge in [-0.05, 0) is 36.2 Å². The molecule has 0 spiro atoms. The average Bonchev–Trinajstić information content (AvgIpc) is 2.52. The number of hydrogen-bond acceptors (Lipinski definition) is 3. The van der Waals surface area contributed by atoms with Crippen LogP contribution >= 0.6 is 0 Å². The Morgan fingerprint density at radius 2 is 1.75 bits per heavy atom. The van der Waals surface area contributed by atoms with Crippen molar-refractivity contribution in [2.45, 2.75) is 19.9 Å². The first-order chi connectivity index (χ1) is 9.79. The van der Waals surface area contributed by atoms with E-state index >= 15 is 0 Å². The lowest BCUT2D eigenvalue weighted by atomic mass is 10.2. The molecule has 0 aliphatic rings. The maximum Gasteiger partial charge on any atom is 0.338 e. The second kappa shape index (κ2) is 7.34. The Kier molecular flexibility index (Phi) is 5.18. The smallest absolute Gasteiger partial charge is 0.338 e. The number of rotatable bonds is 6. The predicted molar refractivity (Wildman–Crippen MR) is 80.8 cm³/mol. The highest BCUT2D eigenvalue weighted by atomic mass is 16.5. The summed E-state index contributed by atoms with van der Waals surface area (Å²) in [7, 11) is 0. The highest BCUT2D eigenvalue weighted by Crippen LogP contribution is 2.12. The number of carbonyl (C=O) groups excluding carboxylic acids is 1. The van der Waals surface area contributed by atoms with Crippen LogP contribution in [0.25, 0.3) is 0 Å². The van der Waals surface area contributed by atoms with Crippen LogP contribution in [0.2, 0.25) is 0 Å². The summed E-state index contributed by atoms with van der Waals surface area (Å²) in [6.45, 7) is 3.21. The van der Waals surface area contributed by atoms with E-state index in [0.29, 0.717) is 12.2 Å². The first-order valence-electron chi connectivity index (χ1n) is 6.84. The molecule has 2 aromatic carbocycles. The molecule has 0 saturated heterocycles. The quantitative estimate of drug-likeness (QED) is 0.809. The third-order valence-corrected chi connectivity index (χ3v) is 2.90. The number of esters is 1. The predicted octanol–water partition coefficient (Wildman–Crippen LogP) is 3.87. The molecule has 0 heterocycles. The molecule has 0 bridgehead atoms. The molecule has 3 heteroatoms. The maximum atomic E-state index is 11.7. The van der Waals surface area contributed by atoms with Crippen LogP contribution in [0.15, 0.2) is 54.6 Å². The van der Waals surface area contributed by atoms with Crippen molar-refractivity contribution < 1.29 is 9.53 Å². The third kappa shape index (κ3) is 4.12. The first kappa shape index (κ1) is 14.1. The fourth-order valence-electron chi connectivity index (χ4n) is 1.80. The van der Waals surface area contributed by atoms with Gasteiger partial charge in [0.15, 0.2) is 0 Å². The Bertz CT molecular complexity index is 535. The van der Waals surface area contributed by atoms with E-state index in [0.717, 1.165) is 18.7 Å². The second-order valence-corrected chi connectivity index (χ2v) is 4.55. The number of nitrogens with one attached hydrogen (secondary N) is 1. The molecule has 20 heavy (non-hydrogen) atoms. The molecular formula is C17H19NO2. The lowest BCUT2D eigenvalue weighted by Crippen LogP contribution is -2.06. The van der Waals surface area contributed by atoms with Crippen LogP contribution in [0, 0.1) is 0 Å². The van der Waals surface area contributed by atoms with Gasteiger partial charge < -0.3 is 10.1 Å². The van der Waals surface area contributed by atoms with Gasteiger partial charge in [0, 0.05) is 12.2 Å². The van der Waals surface area contributed by atoms with Gasteiger partial charge in [-0.3, -0.25) is 0 Å². The molecule has 0 unspecified atom stereocenters. The van der Waals surface area contributed by atoms with Gasteiger partial charge in [-0.1, -0.05) is 37.3 Å². The molecule has 1 N–H and O–H groups in total.